The van der Waals surface area contributed by atoms with Gasteiger partial charge in [0, 0.05) is 17.0 Å². The van der Waals surface area contributed by atoms with Gasteiger partial charge in [0.25, 0.3) is 5.91 Å². The highest BCUT2D eigenvalue weighted by Gasteiger charge is 2.24. The van der Waals surface area contributed by atoms with Crippen LogP contribution in [0.3, 0.4) is 0 Å². The van der Waals surface area contributed by atoms with Crippen LogP contribution in [0.2, 0.25) is 5.02 Å². The van der Waals surface area contributed by atoms with Crippen molar-refractivity contribution in [2.24, 2.45) is 0 Å². The van der Waals surface area contributed by atoms with Gasteiger partial charge in [0.15, 0.2) is 5.76 Å². The molecule has 0 unspecified atom stereocenters. The van der Waals surface area contributed by atoms with Crippen LogP contribution in [0, 0.1) is 0 Å². The molecule has 0 aliphatic carbocycles. The first-order chi connectivity index (χ1) is 13.7. The number of hydrogen-bond acceptors (Lipinski definition) is 5. The van der Waals surface area contributed by atoms with Gasteiger partial charge in [-0.05, 0) is 29.8 Å². The molecule has 2 aromatic carbocycles. The molecule has 1 atom stereocenters. The lowest BCUT2D eigenvalue weighted by molar-refractivity contribution is 0.0900. The van der Waals surface area contributed by atoms with Crippen molar-refractivity contribution < 1.29 is 13.7 Å². The Bertz CT molecular complexity index is 1060. The highest BCUT2D eigenvalue weighted by Crippen LogP contribution is 2.24. The second-order valence-corrected chi connectivity index (χ2v) is 6.60. The van der Waals surface area contributed by atoms with E-state index in [0.29, 0.717) is 23.2 Å². The number of rotatable bonds is 6. The molecule has 1 N–H and O–H groups in total. The van der Waals surface area contributed by atoms with Crippen LogP contribution < -0.4 is 5.32 Å². The predicted molar refractivity (Wildman–Crippen MR) is 104 cm³/mol. The number of nitrogens with zero attached hydrogens (tertiary/aromatic N) is 2. The molecule has 140 valence electrons. The number of benzene rings is 2. The average molecular weight is 394 g/mol. The normalized spacial score (nSPS) is 11.9. The summed E-state index contributed by atoms with van der Waals surface area (Å²) in [6, 6.07) is 19.7. The first-order valence-corrected chi connectivity index (χ1v) is 9.04. The fraction of sp³-hybridized carbons (Fsp3) is 0.0952. The molecule has 0 aliphatic rings. The zero-order valence-corrected chi connectivity index (χ0v) is 15.5. The van der Waals surface area contributed by atoms with Crippen LogP contribution in [0.5, 0.6) is 0 Å². The molecule has 2 heterocycles. The summed E-state index contributed by atoms with van der Waals surface area (Å²) >= 11 is 6.04. The van der Waals surface area contributed by atoms with Gasteiger partial charge in [0.1, 0.15) is 6.04 Å². The summed E-state index contributed by atoms with van der Waals surface area (Å²) in [5.41, 5.74) is 1.76. The Labute approximate surface area is 166 Å². The predicted octanol–water partition coefficient (Wildman–Crippen LogP) is 4.70. The Morgan fingerprint density at radius 3 is 2.68 bits per heavy atom. The number of hydrogen-bond donors (Lipinski definition) is 1. The van der Waals surface area contributed by atoms with Gasteiger partial charge < -0.3 is 14.3 Å². The molecule has 0 radical (unpaired) electrons. The maximum Gasteiger partial charge on any atom is 0.287 e. The largest absolute Gasteiger partial charge is 0.459 e. The number of furan rings is 1. The van der Waals surface area contributed by atoms with Crippen LogP contribution in [0.15, 0.2) is 81.9 Å². The fourth-order valence-electron chi connectivity index (χ4n) is 2.81. The Morgan fingerprint density at radius 2 is 1.93 bits per heavy atom. The quantitative estimate of drug-likeness (QED) is 0.513. The van der Waals surface area contributed by atoms with Gasteiger partial charge >= 0.3 is 0 Å². The van der Waals surface area contributed by atoms with E-state index in [0.717, 1.165) is 11.1 Å². The average Bonchev–Trinajstić information content (AvgIpc) is 3.41. The molecular weight excluding hydrogens is 378 g/mol. The maximum atomic E-state index is 12.5. The summed E-state index contributed by atoms with van der Waals surface area (Å²) in [4.78, 5) is 17.0. The first-order valence-electron chi connectivity index (χ1n) is 8.67. The summed E-state index contributed by atoms with van der Waals surface area (Å²) in [6.07, 6.45) is 1.94. The van der Waals surface area contributed by atoms with Crippen LogP contribution >= 0.6 is 11.6 Å². The van der Waals surface area contributed by atoms with Gasteiger partial charge in [-0.25, -0.2) is 0 Å². The van der Waals surface area contributed by atoms with E-state index in [1.165, 1.54) is 6.26 Å². The van der Waals surface area contributed by atoms with Crippen molar-refractivity contribution >= 4 is 17.5 Å². The molecule has 7 heteroatoms. The van der Waals surface area contributed by atoms with Crippen molar-refractivity contribution in [3.8, 4) is 11.4 Å². The molecule has 0 bridgehead atoms. The molecule has 6 nitrogen and oxygen atoms in total. The minimum Gasteiger partial charge on any atom is -0.459 e. The minimum absolute atomic E-state index is 0.215. The van der Waals surface area contributed by atoms with E-state index in [2.05, 4.69) is 15.5 Å². The molecule has 0 saturated carbocycles. The number of aromatic nitrogens is 2. The van der Waals surface area contributed by atoms with E-state index < -0.39 is 6.04 Å². The third kappa shape index (κ3) is 4.13. The minimum atomic E-state index is -0.513. The molecule has 1 amide bonds. The lowest BCUT2D eigenvalue weighted by Crippen LogP contribution is -2.30. The van der Waals surface area contributed by atoms with Crippen molar-refractivity contribution in [2.45, 2.75) is 12.5 Å². The highest BCUT2D eigenvalue weighted by atomic mass is 35.5. The summed E-state index contributed by atoms with van der Waals surface area (Å²) in [5.74, 6) is 0.572. The summed E-state index contributed by atoms with van der Waals surface area (Å²) in [5, 5.41) is 7.53. The van der Waals surface area contributed by atoms with Crippen molar-refractivity contribution in [1.29, 1.82) is 0 Å². The standard InChI is InChI=1S/C21H16ClN3O3/c22-16-9-4-8-15(13-16)19-24-21(28-25-19)17(12-14-6-2-1-3-7-14)23-20(26)18-10-5-11-27-18/h1-11,13,17H,12H2,(H,23,26)/t17-/m0/s1. The summed E-state index contributed by atoms with van der Waals surface area (Å²) < 4.78 is 10.6. The van der Waals surface area contributed by atoms with E-state index >= 15 is 0 Å². The SMILES string of the molecule is O=C(N[C@@H](Cc1ccccc1)c1nc(-c2cccc(Cl)c2)no1)c1ccco1. The Kier molecular flexibility index (Phi) is 5.21. The van der Waals surface area contributed by atoms with Crippen LogP contribution in [-0.2, 0) is 6.42 Å². The molecule has 28 heavy (non-hydrogen) atoms. The van der Waals surface area contributed by atoms with E-state index in [4.69, 9.17) is 20.5 Å². The van der Waals surface area contributed by atoms with E-state index in [1.807, 2.05) is 42.5 Å². The van der Waals surface area contributed by atoms with E-state index in [9.17, 15) is 4.79 Å². The Hall–Kier alpha value is -3.38. The van der Waals surface area contributed by atoms with Gasteiger partial charge in [-0.15, -0.1) is 0 Å². The van der Waals surface area contributed by atoms with Gasteiger partial charge in [0.05, 0.1) is 6.26 Å². The van der Waals surface area contributed by atoms with Gasteiger partial charge in [-0.2, -0.15) is 4.98 Å². The second-order valence-electron chi connectivity index (χ2n) is 6.16. The third-order valence-corrected chi connectivity index (χ3v) is 4.39. The summed E-state index contributed by atoms with van der Waals surface area (Å²) in [7, 11) is 0. The van der Waals surface area contributed by atoms with Gasteiger partial charge in [-0.3, -0.25) is 4.79 Å². The molecule has 0 fully saturated rings. The van der Waals surface area contributed by atoms with Gasteiger partial charge in [-0.1, -0.05) is 59.2 Å². The molecular formula is C21H16ClN3O3. The van der Waals surface area contributed by atoms with Crippen LogP contribution in [0.1, 0.15) is 28.1 Å². The first kappa shape index (κ1) is 18.0. The van der Waals surface area contributed by atoms with Crippen molar-refractivity contribution in [1.82, 2.24) is 15.5 Å². The molecule has 0 saturated heterocycles. The van der Waals surface area contributed by atoms with Crippen LogP contribution in [0.4, 0.5) is 0 Å². The van der Waals surface area contributed by atoms with Gasteiger partial charge in [0.2, 0.25) is 11.7 Å². The van der Waals surface area contributed by atoms with Crippen molar-refractivity contribution in [3.05, 3.63) is 95.2 Å². The lowest BCUT2D eigenvalue weighted by Gasteiger charge is -2.14. The Balaban J connectivity index is 1.62. The smallest absolute Gasteiger partial charge is 0.287 e. The number of halogens is 1. The number of amides is 1. The molecule has 4 rings (SSSR count). The van der Waals surface area contributed by atoms with Crippen molar-refractivity contribution in [3.63, 3.8) is 0 Å². The molecule has 2 aromatic heterocycles. The molecule has 4 aromatic rings. The van der Waals surface area contributed by atoms with Crippen LogP contribution in [0.25, 0.3) is 11.4 Å². The number of carbonyl (C=O) groups is 1. The maximum absolute atomic E-state index is 12.5. The summed E-state index contributed by atoms with van der Waals surface area (Å²) in [6.45, 7) is 0. The fourth-order valence-corrected chi connectivity index (χ4v) is 3.00. The monoisotopic (exact) mass is 393 g/mol. The second kappa shape index (κ2) is 8.10. The zero-order valence-electron chi connectivity index (χ0n) is 14.7. The highest BCUT2D eigenvalue weighted by molar-refractivity contribution is 6.30. The molecule has 0 aliphatic heterocycles. The van der Waals surface area contributed by atoms with Crippen molar-refractivity contribution in [2.75, 3.05) is 0 Å². The third-order valence-electron chi connectivity index (χ3n) is 4.16. The topological polar surface area (TPSA) is 81.2 Å². The number of nitrogens with one attached hydrogen (secondary N) is 1. The zero-order chi connectivity index (χ0) is 19.3. The van der Waals surface area contributed by atoms with E-state index in [-0.39, 0.29) is 11.7 Å². The van der Waals surface area contributed by atoms with E-state index in [1.54, 1.807) is 24.3 Å². The Morgan fingerprint density at radius 1 is 1.07 bits per heavy atom. The molecule has 0 spiro atoms. The van der Waals surface area contributed by atoms with Crippen LogP contribution in [-0.4, -0.2) is 16.0 Å². The number of carbonyl (C=O) groups excluding carboxylic acids is 1. The lowest BCUT2D eigenvalue weighted by atomic mass is 10.1.